The lowest BCUT2D eigenvalue weighted by Gasteiger charge is -2.42. The minimum absolute atomic E-state index is 0.114. The molecule has 0 radical (unpaired) electrons. The van der Waals surface area contributed by atoms with Gasteiger partial charge in [-0.25, -0.2) is 9.67 Å². The van der Waals surface area contributed by atoms with E-state index in [9.17, 15) is 0 Å². The standard InChI is InChI=1S/C14H26N4/c1-10(2)18-13(16-9-17-18)8-14(15)7-11(3)5-6-12(14)4/h9-12H,5-8,15H2,1-4H3. The molecule has 2 rings (SSSR count). The van der Waals surface area contributed by atoms with Crippen LogP contribution in [0.25, 0.3) is 0 Å². The van der Waals surface area contributed by atoms with Crippen LogP contribution < -0.4 is 5.73 Å². The maximum atomic E-state index is 6.67. The Kier molecular flexibility index (Phi) is 3.76. The smallest absolute Gasteiger partial charge is 0.138 e. The third-order valence-electron chi connectivity index (χ3n) is 4.43. The fourth-order valence-electron chi connectivity index (χ4n) is 3.15. The molecule has 0 saturated heterocycles. The van der Waals surface area contributed by atoms with Gasteiger partial charge in [0.25, 0.3) is 0 Å². The van der Waals surface area contributed by atoms with Crippen molar-refractivity contribution in [2.45, 2.75) is 65.0 Å². The predicted octanol–water partition coefficient (Wildman–Crippen LogP) is 2.56. The Morgan fingerprint density at radius 1 is 1.44 bits per heavy atom. The maximum Gasteiger partial charge on any atom is 0.138 e. The van der Waals surface area contributed by atoms with Crippen LogP contribution in [0.5, 0.6) is 0 Å². The van der Waals surface area contributed by atoms with Crippen molar-refractivity contribution in [1.82, 2.24) is 14.8 Å². The first-order chi connectivity index (χ1) is 8.42. The summed E-state index contributed by atoms with van der Waals surface area (Å²) in [7, 11) is 0. The van der Waals surface area contributed by atoms with Gasteiger partial charge in [-0.1, -0.05) is 20.3 Å². The Labute approximate surface area is 110 Å². The highest BCUT2D eigenvalue weighted by molar-refractivity contribution is 5.03. The third kappa shape index (κ3) is 2.58. The maximum absolute atomic E-state index is 6.67. The fourth-order valence-corrected chi connectivity index (χ4v) is 3.15. The van der Waals surface area contributed by atoms with Crippen LogP contribution in [-0.4, -0.2) is 20.3 Å². The minimum atomic E-state index is -0.114. The van der Waals surface area contributed by atoms with Crippen LogP contribution in [0.15, 0.2) is 6.33 Å². The number of hydrogen-bond donors (Lipinski definition) is 1. The number of nitrogens with zero attached hydrogens (tertiary/aromatic N) is 3. The Bertz CT molecular complexity index is 398. The molecule has 1 aliphatic carbocycles. The summed E-state index contributed by atoms with van der Waals surface area (Å²) < 4.78 is 2.00. The van der Waals surface area contributed by atoms with Crippen molar-refractivity contribution in [3.8, 4) is 0 Å². The molecule has 1 aromatic heterocycles. The van der Waals surface area contributed by atoms with Gasteiger partial charge in [-0.2, -0.15) is 5.10 Å². The Hall–Kier alpha value is -0.900. The zero-order valence-corrected chi connectivity index (χ0v) is 12.1. The van der Waals surface area contributed by atoms with Gasteiger partial charge in [0.2, 0.25) is 0 Å². The fraction of sp³-hybridized carbons (Fsp3) is 0.857. The summed E-state index contributed by atoms with van der Waals surface area (Å²) in [4.78, 5) is 4.41. The number of rotatable bonds is 3. The summed E-state index contributed by atoms with van der Waals surface area (Å²) in [6.07, 6.45) is 6.12. The van der Waals surface area contributed by atoms with E-state index < -0.39 is 0 Å². The van der Waals surface area contributed by atoms with E-state index in [2.05, 4.69) is 37.8 Å². The van der Waals surface area contributed by atoms with E-state index >= 15 is 0 Å². The molecule has 1 saturated carbocycles. The van der Waals surface area contributed by atoms with Crippen molar-refractivity contribution in [2.75, 3.05) is 0 Å². The van der Waals surface area contributed by atoms with E-state index in [1.165, 1.54) is 12.8 Å². The van der Waals surface area contributed by atoms with Crippen molar-refractivity contribution in [2.24, 2.45) is 17.6 Å². The molecule has 4 nitrogen and oxygen atoms in total. The third-order valence-corrected chi connectivity index (χ3v) is 4.43. The highest BCUT2D eigenvalue weighted by Gasteiger charge is 2.38. The second kappa shape index (κ2) is 5.00. The normalized spacial score (nSPS) is 33.0. The Morgan fingerprint density at radius 3 is 2.83 bits per heavy atom. The molecule has 0 bridgehead atoms. The van der Waals surface area contributed by atoms with Gasteiger partial charge in [0, 0.05) is 18.0 Å². The van der Waals surface area contributed by atoms with Crippen LogP contribution in [0, 0.1) is 11.8 Å². The van der Waals surface area contributed by atoms with Crippen LogP contribution in [0.4, 0.5) is 0 Å². The van der Waals surface area contributed by atoms with Crippen molar-refractivity contribution in [3.05, 3.63) is 12.2 Å². The van der Waals surface area contributed by atoms with Gasteiger partial charge in [0.15, 0.2) is 0 Å². The van der Waals surface area contributed by atoms with E-state index in [0.29, 0.717) is 12.0 Å². The average molecular weight is 250 g/mol. The van der Waals surface area contributed by atoms with Crippen LogP contribution >= 0.6 is 0 Å². The molecule has 1 heterocycles. The van der Waals surface area contributed by atoms with Crippen molar-refractivity contribution < 1.29 is 0 Å². The molecule has 1 aromatic rings. The number of aromatic nitrogens is 3. The van der Waals surface area contributed by atoms with E-state index in [1.807, 2.05) is 4.68 Å². The van der Waals surface area contributed by atoms with Gasteiger partial charge in [-0.3, -0.25) is 0 Å². The molecular formula is C14H26N4. The SMILES string of the molecule is CC1CCC(C)C(N)(Cc2ncnn2C(C)C)C1. The van der Waals surface area contributed by atoms with Gasteiger partial charge >= 0.3 is 0 Å². The summed E-state index contributed by atoms with van der Waals surface area (Å²) in [5.41, 5.74) is 6.56. The molecule has 3 unspecified atom stereocenters. The number of hydrogen-bond acceptors (Lipinski definition) is 3. The molecule has 0 aromatic carbocycles. The monoisotopic (exact) mass is 250 g/mol. The number of nitrogens with two attached hydrogens (primary N) is 1. The van der Waals surface area contributed by atoms with Crippen LogP contribution in [0.1, 0.15) is 58.8 Å². The second-order valence-electron chi connectivity index (χ2n) is 6.41. The lowest BCUT2D eigenvalue weighted by molar-refractivity contribution is 0.156. The first-order valence-corrected chi connectivity index (χ1v) is 7.09. The lowest BCUT2D eigenvalue weighted by Crippen LogP contribution is -2.52. The van der Waals surface area contributed by atoms with Crippen LogP contribution in [0.2, 0.25) is 0 Å². The van der Waals surface area contributed by atoms with Crippen molar-refractivity contribution in [1.29, 1.82) is 0 Å². The molecule has 1 fully saturated rings. The molecule has 4 heteroatoms. The summed E-state index contributed by atoms with van der Waals surface area (Å²) in [6.45, 7) is 8.85. The van der Waals surface area contributed by atoms with Gasteiger partial charge < -0.3 is 5.73 Å². The van der Waals surface area contributed by atoms with Gasteiger partial charge in [-0.05, 0) is 38.5 Å². The minimum Gasteiger partial charge on any atom is -0.324 e. The largest absolute Gasteiger partial charge is 0.324 e. The van der Waals surface area contributed by atoms with E-state index in [-0.39, 0.29) is 5.54 Å². The zero-order chi connectivity index (χ0) is 13.3. The van der Waals surface area contributed by atoms with Crippen molar-refractivity contribution >= 4 is 0 Å². The first-order valence-electron chi connectivity index (χ1n) is 7.09. The van der Waals surface area contributed by atoms with Gasteiger partial charge in [0.05, 0.1) is 0 Å². The highest BCUT2D eigenvalue weighted by Crippen LogP contribution is 2.37. The molecule has 0 spiro atoms. The van der Waals surface area contributed by atoms with Crippen LogP contribution in [-0.2, 0) is 6.42 Å². The zero-order valence-electron chi connectivity index (χ0n) is 12.1. The second-order valence-corrected chi connectivity index (χ2v) is 6.41. The van der Waals surface area contributed by atoms with E-state index in [1.54, 1.807) is 6.33 Å². The topological polar surface area (TPSA) is 56.7 Å². The lowest BCUT2D eigenvalue weighted by atomic mass is 9.68. The highest BCUT2D eigenvalue weighted by atomic mass is 15.3. The van der Waals surface area contributed by atoms with Crippen LogP contribution in [0.3, 0.4) is 0 Å². The molecule has 2 N–H and O–H groups in total. The molecule has 18 heavy (non-hydrogen) atoms. The molecule has 3 atom stereocenters. The summed E-state index contributed by atoms with van der Waals surface area (Å²) >= 11 is 0. The van der Waals surface area contributed by atoms with Gasteiger partial charge in [0.1, 0.15) is 12.2 Å². The first kappa shape index (κ1) is 13.5. The predicted molar refractivity (Wildman–Crippen MR) is 73.2 cm³/mol. The molecule has 0 aliphatic heterocycles. The summed E-state index contributed by atoms with van der Waals surface area (Å²) in [5, 5.41) is 4.31. The summed E-state index contributed by atoms with van der Waals surface area (Å²) in [6, 6.07) is 0.349. The Balaban J connectivity index is 2.18. The van der Waals surface area contributed by atoms with E-state index in [4.69, 9.17) is 5.73 Å². The quantitative estimate of drug-likeness (QED) is 0.897. The molecule has 102 valence electrons. The van der Waals surface area contributed by atoms with E-state index in [0.717, 1.165) is 24.6 Å². The molecular weight excluding hydrogens is 224 g/mol. The molecule has 1 aliphatic rings. The van der Waals surface area contributed by atoms with Gasteiger partial charge in [-0.15, -0.1) is 0 Å². The summed E-state index contributed by atoms with van der Waals surface area (Å²) in [5.74, 6) is 2.32. The Morgan fingerprint density at radius 2 is 2.17 bits per heavy atom. The molecule has 0 amide bonds. The average Bonchev–Trinajstić information content (AvgIpc) is 2.72. The van der Waals surface area contributed by atoms with Crippen molar-refractivity contribution in [3.63, 3.8) is 0 Å².